The van der Waals surface area contributed by atoms with Crippen molar-refractivity contribution in [3.63, 3.8) is 0 Å². The lowest BCUT2D eigenvalue weighted by Gasteiger charge is -2.18. The van der Waals surface area contributed by atoms with E-state index in [-0.39, 0.29) is 18.1 Å². The van der Waals surface area contributed by atoms with Crippen molar-refractivity contribution >= 4 is 33.4 Å². The van der Waals surface area contributed by atoms with Crippen LogP contribution in [0.25, 0.3) is 10.2 Å². The summed E-state index contributed by atoms with van der Waals surface area (Å²) in [6.07, 6.45) is 4.49. The number of nitrogens with one attached hydrogen (secondary N) is 1. The molecule has 2 unspecified atom stereocenters. The molecule has 3 aromatic rings. The number of thiophene rings is 1. The molecule has 8 heteroatoms. The van der Waals surface area contributed by atoms with Crippen molar-refractivity contribution in [2.45, 2.75) is 25.5 Å². The van der Waals surface area contributed by atoms with Gasteiger partial charge in [-0.25, -0.2) is 9.97 Å². The Labute approximate surface area is 161 Å². The van der Waals surface area contributed by atoms with Gasteiger partial charge in [0.1, 0.15) is 0 Å². The van der Waals surface area contributed by atoms with Crippen LogP contribution in [-0.2, 0) is 4.74 Å². The SMILES string of the molecule is COC1CCN(C(=O)c2nc(NC(C)c3cccnc3)nc3ccsc23)C1. The maximum atomic E-state index is 13.1. The molecule has 1 saturated heterocycles. The number of amides is 1. The van der Waals surface area contributed by atoms with Crippen LogP contribution in [0.2, 0.25) is 0 Å². The molecule has 1 fully saturated rings. The van der Waals surface area contributed by atoms with Gasteiger partial charge in [-0.05, 0) is 36.4 Å². The number of nitrogens with zero attached hydrogens (tertiary/aromatic N) is 4. The number of rotatable bonds is 5. The van der Waals surface area contributed by atoms with Crippen molar-refractivity contribution in [3.8, 4) is 0 Å². The summed E-state index contributed by atoms with van der Waals surface area (Å²) < 4.78 is 6.20. The van der Waals surface area contributed by atoms with Gasteiger partial charge < -0.3 is 15.0 Å². The summed E-state index contributed by atoms with van der Waals surface area (Å²) in [6.45, 7) is 3.30. The molecule has 1 aliphatic heterocycles. The summed E-state index contributed by atoms with van der Waals surface area (Å²) in [5.41, 5.74) is 2.26. The number of ether oxygens (including phenoxy) is 1. The summed E-state index contributed by atoms with van der Waals surface area (Å²) in [7, 11) is 1.68. The molecule has 0 bridgehead atoms. The van der Waals surface area contributed by atoms with Crippen LogP contribution in [0.15, 0.2) is 36.0 Å². The second-order valence-corrected chi connectivity index (χ2v) is 7.50. The van der Waals surface area contributed by atoms with Crippen molar-refractivity contribution in [2.24, 2.45) is 0 Å². The molecule has 1 aliphatic rings. The Morgan fingerprint density at radius 2 is 2.30 bits per heavy atom. The highest BCUT2D eigenvalue weighted by atomic mass is 32.1. The first-order valence-corrected chi connectivity index (χ1v) is 9.77. The van der Waals surface area contributed by atoms with Crippen LogP contribution >= 0.6 is 11.3 Å². The van der Waals surface area contributed by atoms with E-state index in [0.717, 1.165) is 22.2 Å². The van der Waals surface area contributed by atoms with Crippen LogP contribution in [0.4, 0.5) is 5.95 Å². The number of anilines is 1. The van der Waals surface area contributed by atoms with Gasteiger partial charge in [0, 0.05) is 32.6 Å². The summed E-state index contributed by atoms with van der Waals surface area (Å²) in [4.78, 5) is 28.2. The first-order chi connectivity index (χ1) is 13.2. The van der Waals surface area contributed by atoms with Gasteiger partial charge in [-0.3, -0.25) is 9.78 Å². The number of pyridine rings is 1. The molecule has 2 atom stereocenters. The minimum atomic E-state index is -0.0681. The second kappa shape index (κ2) is 7.58. The molecule has 1 N–H and O–H groups in total. The fourth-order valence-electron chi connectivity index (χ4n) is 3.24. The average molecular weight is 383 g/mol. The maximum Gasteiger partial charge on any atom is 0.274 e. The molecule has 140 valence electrons. The van der Waals surface area contributed by atoms with Crippen LogP contribution in [0, 0.1) is 0 Å². The van der Waals surface area contributed by atoms with Gasteiger partial charge in [0.05, 0.1) is 22.4 Å². The lowest BCUT2D eigenvalue weighted by molar-refractivity contribution is 0.0721. The Bertz CT molecular complexity index is 946. The summed E-state index contributed by atoms with van der Waals surface area (Å²) in [6, 6.07) is 5.78. The van der Waals surface area contributed by atoms with Crippen LogP contribution in [0.3, 0.4) is 0 Å². The quantitative estimate of drug-likeness (QED) is 0.729. The maximum absolute atomic E-state index is 13.1. The van der Waals surface area contributed by atoms with Crippen molar-refractivity contribution in [2.75, 3.05) is 25.5 Å². The molecule has 4 heterocycles. The van der Waals surface area contributed by atoms with E-state index in [9.17, 15) is 4.79 Å². The number of fused-ring (bicyclic) bond motifs is 1. The molecular formula is C19H21N5O2S. The Morgan fingerprint density at radius 3 is 3.04 bits per heavy atom. The minimum absolute atomic E-state index is 0.0256. The molecule has 0 radical (unpaired) electrons. The Morgan fingerprint density at radius 1 is 1.41 bits per heavy atom. The third kappa shape index (κ3) is 3.63. The fourth-order valence-corrected chi connectivity index (χ4v) is 4.05. The summed E-state index contributed by atoms with van der Waals surface area (Å²) >= 11 is 1.49. The normalized spacial score (nSPS) is 18.0. The smallest absolute Gasteiger partial charge is 0.274 e. The molecule has 7 nitrogen and oxygen atoms in total. The highest BCUT2D eigenvalue weighted by Gasteiger charge is 2.29. The van der Waals surface area contributed by atoms with Crippen molar-refractivity contribution in [1.29, 1.82) is 0 Å². The highest BCUT2D eigenvalue weighted by Crippen LogP contribution is 2.27. The lowest BCUT2D eigenvalue weighted by atomic mass is 10.1. The van der Waals surface area contributed by atoms with Crippen molar-refractivity contribution in [3.05, 3.63) is 47.2 Å². The number of methoxy groups -OCH3 is 1. The van der Waals surface area contributed by atoms with Crippen LogP contribution in [0.5, 0.6) is 0 Å². The van der Waals surface area contributed by atoms with E-state index in [2.05, 4.69) is 20.3 Å². The topological polar surface area (TPSA) is 80.2 Å². The van der Waals surface area contributed by atoms with Crippen molar-refractivity contribution < 1.29 is 9.53 Å². The Kier molecular flexibility index (Phi) is 5.00. The molecule has 1 amide bonds. The number of carbonyl (C=O) groups is 1. The van der Waals surface area contributed by atoms with Crippen LogP contribution in [-0.4, -0.2) is 52.1 Å². The number of hydrogen-bond donors (Lipinski definition) is 1. The van der Waals surface area contributed by atoms with Gasteiger partial charge >= 0.3 is 0 Å². The van der Waals surface area contributed by atoms with E-state index in [0.29, 0.717) is 24.7 Å². The highest BCUT2D eigenvalue weighted by molar-refractivity contribution is 7.17. The number of likely N-dealkylation sites (tertiary alicyclic amines) is 1. The minimum Gasteiger partial charge on any atom is -0.380 e. The monoisotopic (exact) mass is 383 g/mol. The van der Waals surface area contributed by atoms with Crippen LogP contribution in [0.1, 0.15) is 35.4 Å². The standard InChI is InChI=1S/C19H21N5O2S/c1-12(13-4-3-7-20-10-13)21-19-22-15-6-9-27-17(15)16(23-19)18(25)24-8-5-14(11-24)26-2/h3-4,6-7,9-10,12,14H,5,8,11H2,1-2H3,(H,21,22,23). The van der Waals surface area contributed by atoms with Gasteiger partial charge in [-0.1, -0.05) is 6.07 Å². The van der Waals surface area contributed by atoms with Gasteiger partial charge in [0.15, 0.2) is 5.69 Å². The zero-order chi connectivity index (χ0) is 18.8. The third-order valence-electron chi connectivity index (χ3n) is 4.80. The Balaban J connectivity index is 1.63. The van der Waals surface area contributed by atoms with E-state index in [4.69, 9.17) is 4.74 Å². The predicted molar refractivity (Wildman–Crippen MR) is 105 cm³/mol. The van der Waals surface area contributed by atoms with E-state index < -0.39 is 0 Å². The largest absolute Gasteiger partial charge is 0.380 e. The summed E-state index contributed by atoms with van der Waals surface area (Å²) in [5.74, 6) is 0.379. The van der Waals surface area contributed by atoms with E-state index in [1.165, 1.54) is 11.3 Å². The van der Waals surface area contributed by atoms with Crippen molar-refractivity contribution in [1.82, 2.24) is 19.9 Å². The number of hydrogen-bond acceptors (Lipinski definition) is 7. The molecular weight excluding hydrogens is 362 g/mol. The molecule has 0 aliphatic carbocycles. The summed E-state index contributed by atoms with van der Waals surface area (Å²) in [5, 5.41) is 5.23. The average Bonchev–Trinajstić information content (AvgIpc) is 3.36. The third-order valence-corrected chi connectivity index (χ3v) is 5.71. The fraction of sp³-hybridized carbons (Fsp3) is 0.368. The molecule has 0 spiro atoms. The zero-order valence-electron chi connectivity index (χ0n) is 15.3. The Hall–Kier alpha value is -2.58. The second-order valence-electron chi connectivity index (χ2n) is 6.58. The first kappa shape index (κ1) is 17.8. The van der Waals surface area contributed by atoms with E-state index >= 15 is 0 Å². The molecule has 3 aromatic heterocycles. The number of aromatic nitrogens is 3. The lowest BCUT2D eigenvalue weighted by Crippen LogP contribution is -2.31. The van der Waals surface area contributed by atoms with Gasteiger partial charge in [0.25, 0.3) is 5.91 Å². The van der Waals surface area contributed by atoms with Gasteiger partial charge in [-0.2, -0.15) is 0 Å². The zero-order valence-corrected chi connectivity index (χ0v) is 16.1. The molecule has 4 rings (SSSR count). The van der Waals surface area contributed by atoms with Crippen LogP contribution < -0.4 is 5.32 Å². The molecule has 0 saturated carbocycles. The molecule has 0 aromatic carbocycles. The van der Waals surface area contributed by atoms with Gasteiger partial charge in [-0.15, -0.1) is 11.3 Å². The van der Waals surface area contributed by atoms with E-state index in [1.807, 2.05) is 41.6 Å². The first-order valence-electron chi connectivity index (χ1n) is 8.89. The molecule has 27 heavy (non-hydrogen) atoms. The number of carbonyl (C=O) groups excluding carboxylic acids is 1. The van der Waals surface area contributed by atoms with Gasteiger partial charge in [0.2, 0.25) is 5.95 Å². The van der Waals surface area contributed by atoms with E-state index in [1.54, 1.807) is 13.3 Å². The predicted octanol–water partition coefficient (Wildman–Crippen LogP) is 3.12.